The Morgan fingerprint density at radius 1 is 1.24 bits per heavy atom. The molecule has 3 aromatic rings. The second kappa shape index (κ2) is 7.92. The van der Waals surface area contributed by atoms with E-state index in [9.17, 15) is 18.0 Å². The number of benzene rings is 2. The number of sulfonamides is 1. The zero-order chi connectivity index (χ0) is 21.2. The highest BCUT2D eigenvalue weighted by Gasteiger charge is 2.23. The summed E-state index contributed by atoms with van der Waals surface area (Å²) in [7, 11) is -2.44. The van der Waals surface area contributed by atoms with Crippen LogP contribution in [0.3, 0.4) is 0 Å². The number of amides is 1. The number of nitrogens with one attached hydrogen (secondary N) is 2. The summed E-state index contributed by atoms with van der Waals surface area (Å²) in [5.74, 6) is -0.557. The zero-order valence-electron chi connectivity index (χ0n) is 16.1. The summed E-state index contributed by atoms with van der Waals surface area (Å²) in [6.07, 6.45) is 2.81. The van der Waals surface area contributed by atoms with Gasteiger partial charge in [-0.1, -0.05) is 18.2 Å². The largest absolute Gasteiger partial charge is 0.360 e. The summed E-state index contributed by atoms with van der Waals surface area (Å²) in [6, 6.07) is 11.3. The van der Waals surface area contributed by atoms with Crippen molar-refractivity contribution in [3.05, 3.63) is 82.7 Å². The lowest BCUT2D eigenvalue weighted by Crippen LogP contribution is -2.29. The van der Waals surface area contributed by atoms with Gasteiger partial charge in [-0.3, -0.25) is 13.9 Å². The van der Waals surface area contributed by atoms with Crippen molar-refractivity contribution in [2.75, 3.05) is 17.9 Å². The van der Waals surface area contributed by atoms with Crippen LogP contribution in [0.2, 0.25) is 0 Å². The molecule has 0 spiro atoms. The summed E-state index contributed by atoms with van der Waals surface area (Å²) < 4.78 is 27.3. The highest BCUT2D eigenvalue weighted by molar-refractivity contribution is 7.92. The second-order valence-corrected chi connectivity index (χ2v) is 8.52. The maximum absolute atomic E-state index is 13.1. The minimum Gasteiger partial charge on any atom is -0.360 e. The second-order valence-electron chi connectivity index (χ2n) is 6.55. The number of pyridine rings is 1. The Morgan fingerprint density at radius 3 is 2.69 bits per heavy atom. The number of aromatic nitrogens is 1. The third-order valence-electron chi connectivity index (χ3n) is 4.53. The highest BCUT2D eigenvalue weighted by atomic mass is 32.2. The highest BCUT2D eigenvalue weighted by Crippen LogP contribution is 2.24. The minimum absolute atomic E-state index is 0.0387. The Kier molecular flexibility index (Phi) is 5.56. The maximum Gasteiger partial charge on any atom is 0.264 e. The van der Waals surface area contributed by atoms with Crippen LogP contribution >= 0.6 is 0 Å². The summed E-state index contributed by atoms with van der Waals surface area (Å²) >= 11 is 0. The van der Waals surface area contributed by atoms with E-state index >= 15 is 0 Å². The Bertz CT molecular complexity index is 1260. The first-order valence-electron chi connectivity index (χ1n) is 8.86. The van der Waals surface area contributed by atoms with Crippen LogP contribution in [0, 0.1) is 6.92 Å². The molecule has 0 aliphatic heterocycles. The van der Waals surface area contributed by atoms with Crippen molar-refractivity contribution >= 4 is 32.5 Å². The van der Waals surface area contributed by atoms with E-state index in [1.165, 1.54) is 37.5 Å². The van der Waals surface area contributed by atoms with E-state index in [1.54, 1.807) is 18.2 Å². The van der Waals surface area contributed by atoms with Crippen LogP contribution in [-0.4, -0.2) is 32.9 Å². The van der Waals surface area contributed by atoms with Gasteiger partial charge in [-0.2, -0.15) is 0 Å². The topological polar surface area (TPSA) is 99.3 Å². The quantitative estimate of drug-likeness (QED) is 0.609. The van der Waals surface area contributed by atoms with Gasteiger partial charge in [-0.05, 0) is 42.8 Å². The molecule has 29 heavy (non-hydrogen) atoms. The van der Waals surface area contributed by atoms with E-state index in [2.05, 4.69) is 16.9 Å². The van der Waals surface area contributed by atoms with Gasteiger partial charge in [0.1, 0.15) is 5.56 Å². The first kappa shape index (κ1) is 20.3. The van der Waals surface area contributed by atoms with Crippen molar-refractivity contribution in [1.82, 2.24) is 10.3 Å². The molecule has 0 fully saturated rings. The number of aromatic amines is 1. The Balaban J connectivity index is 2.08. The molecule has 0 aliphatic rings. The fraction of sp³-hybridized carbons (Fsp3) is 0.143. The Labute approximate surface area is 168 Å². The van der Waals surface area contributed by atoms with Gasteiger partial charge in [-0.25, -0.2) is 8.42 Å². The van der Waals surface area contributed by atoms with Crippen LogP contribution in [0.1, 0.15) is 15.9 Å². The number of carbonyl (C=O) groups is 1. The molecule has 2 aromatic carbocycles. The average molecular weight is 411 g/mol. The number of aryl methyl sites for hydroxylation is 1. The summed E-state index contributed by atoms with van der Waals surface area (Å²) in [5.41, 5.74) is 1.23. The molecule has 0 saturated carbocycles. The van der Waals surface area contributed by atoms with Crippen LogP contribution in [0.15, 0.2) is 71.0 Å². The number of hydrogen-bond acceptors (Lipinski definition) is 4. The van der Waals surface area contributed by atoms with E-state index < -0.39 is 21.4 Å². The molecule has 1 amide bonds. The minimum atomic E-state index is -3.90. The normalized spacial score (nSPS) is 11.2. The number of hydrogen-bond donors (Lipinski definition) is 2. The molecule has 0 bridgehead atoms. The fourth-order valence-electron chi connectivity index (χ4n) is 2.91. The summed E-state index contributed by atoms with van der Waals surface area (Å²) in [4.78, 5) is 27.8. The van der Waals surface area contributed by atoms with Crippen molar-refractivity contribution in [1.29, 1.82) is 0 Å². The van der Waals surface area contributed by atoms with Crippen LogP contribution in [0.5, 0.6) is 0 Å². The number of H-pyrrole nitrogens is 1. The molecule has 0 atom stereocenters. The third kappa shape index (κ3) is 3.93. The maximum atomic E-state index is 13.1. The van der Waals surface area contributed by atoms with Crippen molar-refractivity contribution < 1.29 is 13.2 Å². The van der Waals surface area contributed by atoms with Crippen LogP contribution < -0.4 is 15.1 Å². The van der Waals surface area contributed by atoms with Gasteiger partial charge in [0.05, 0.1) is 10.6 Å². The van der Waals surface area contributed by atoms with E-state index in [0.717, 1.165) is 9.87 Å². The monoisotopic (exact) mass is 411 g/mol. The summed E-state index contributed by atoms with van der Waals surface area (Å²) in [6.45, 7) is 5.60. The number of carbonyl (C=O) groups excluding carboxylic acids is 1. The molecule has 8 heteroatoms. The molecule has 0 aliphatic carbocycles. The van der Waals surface area contributed by atoms with E-state index in [-0.39, 0.29) is 22.4 Å². The van der Waals surface area contributed by atoms with Gasteiger partial charge in [0.2, 0.25) is 5.43 Å². The first-order chi connectivity index (χ1) is 13.8. The van der Waals surface area contributed by atoms with E-state index in [0.29, 0.717) is 11.2 Å². The fourth-order valence-corrected chi connectivity index (χ4v) is 4.12. The first-order valence-corrected chi connectivity index (χ1v) is 10.3. The Hall–Kier alpha value is -3.39. The van der Waals surface area contributed by atoms with E-state index in [4.69, 9.17) is 0 Å². The van der Waals surface area contributed by atoms with E-state index in [1.807, 2.05) is 13.0 Å². The molecule has 1 heterocycles. The predicted octanol–water partition coefficient (Wildman–Crippen LogP) is 2.58. The lowest BCUT2D eigenvalue weighted by atomic mass is 10.1. The molecule has 7 nitrogen and oxygen atoms in total. The van der Waals surface area contributed by atoms with Gasteiger partial charge in [-0.15, -0.1) is 6.58 Å². The molecule has 1 aromatic heterocycles. The third-order valence-corrected chi connectivity index (χ3v) is 6.31. The van der Waals surface area contributed by atoms with Crippen LogP contribution in [0.4, 0.5) is 5.69 Å². The average Bonchev–Trinajstić information content (AvgIpc) is 2.71. The standard InChI is InChI=1S/C21H21N3O4S/c1-4-10-22-21(26)18-13-23-19-9-8-16(12-17(19)20(18)25)29(27,28)24(3)15-7-5-6-14(2)11-15/h4-9,11-13H,1,10H2,2-3H3,(H,22,26)(H,23,25). The smallest absolute Gasteiger partial charge is 0.264 e. The lowest BCUT2D eigenvalue weighted by Gasteiger charge is -2.20. The van der Waals surface area contributed by atoms with Gasteiger partial charge >= 0.3 is 0 Å². The lowest BCUT2D eigenvalue weighted by molar-refractivity contribution is 0.0957. The van der Waals surface area contributed by atoms with Crippen molar-refractivity contribution in [3.8, 4) is 0 Å². The molecule has 150 valence electrons. The zero-order valence-corrected chi connectivity index (χ0v) is 16.9. The van der Waals surface area contributed by atoms with Gasteiger partial charge in [0.25, 0.3) is 15.9 Å². The number of anilines is 1. The number of fused-ring (bicyclic) bond motifs is 1. The van der Waals surface area contributed by atoms with Crippen LogP contribution in [0.25, 0.3) is 10.9 Å². The number of nitrogens with zero attached hydrogens (tertiary/aromatic N) is 1. The molecule has 0 radical (unpaired) electrons. The van der Waals surface area contributed by atoms with Gasteiger partial charge in [0.15, 0.2) is 0 Å². The van der Waals surface area contributed by atoms with Crippen molar-refractivity contribution in [2.24, 2.45) is 0 Å². The van der Waals surface area contributed by atoms with Crippen molar-refractivity contribution in [2.45, 2.75) is 11.8 Å². The predicted molar refractivity (Wildman–Crippen MR) is 114 cm³/mol. The molecule has 3 rings (SSSR count). The van der Waals surface area contributed by atoms with Crippen LogP contribution in [-0.2, 0) is 10.0 Å². The Morgan fingerprint density at radius 2 is 2.00 bits per heavy atom. The summed E-state index contributed by atoms with van der Waals surface area (Å²) in [5, 5.41) is 2.66. The van der Waals surface area contributed by atoms with Gasteiger partial charge < -0.3 is 10.3 Å². The molecular weight excluding hydrogens is 390 g/mol. The van der Waals surface area contributed by atoms with Crippen molar-refractivity contribution in [3.63, 3.8) is 0 Å². The SMILES string of the molecule is C=CCNC(=O)c1c[nH]c2ccc(S(=O)(=O)N(C)c3cccc(C)c3)cc2c1=O. The molecule has 0 unspecified atom stereocenters. The molecule has 0 saturated heterocycles. The molecule has 2 N–H and O–H groups in total. The van der Waals surface area contributed by atoms with Gasteiger partial charge in [0, 0.05) is 30.7 Å². The molecular formula is C21H21N3O4S. The number of rotatable bonds is 6.